The molecular weight excluding hydrogens is 215 g/mol. The van der Waals surface area contributed by atoms with Gasteiger partial charge in [0, 0.05) is 16.8 Å². The Labute approximate surface area is 66.2 Å². The van der Waals surface area contributed by atoms with Gasteiger partial charge < -0.3 is 0 Å². The van der Waals surface area contributed by atoms with E-state index in [9.17, 15) is 0 Å². The van der Waals surface area contributed by atoms with Gasteiger partial charge in [0.1, 0.15) is 0 Å². The van der Waals surface area contributed by atoms with Crippen molar-refractivity contribution in [1.82, 2.24) is 9.78 Å². The Balaban J connectivity index is 3.15. The van der Waals surface area contributed by atoms with Gasteiger partial charge in [-0.3, -0.25) is 4.68 Å². The van der Waals surface area contributed by atoms with Gasteiger partial charge in [0.2, 0.25) is 0 Å². The van der Waals surface area contributed by atoms with Crippen LogP contribution in [0.2, 0.25) is 0 Å². The first-order chi connectivity index (χ1) is 4.93. The van der Waals surface area contributed by atoms with Crippen LogP contribution in [-0.4, -0.2) is 9.78 Å². The first-order valence-corrected chi connectivity index (χ1v) is 3.21. The van der Waals surface area contributed by atoms with E-state index in [1.54, 1.807) is 13.1 Å². The fraction of sp³-hybridized carbons (Fsp3) is 0.400. The largest absolute Gasteiger partial charge is 0.272 e. The van der Waals surface area contributed by atoms with E-state index in [-0.39, 0.29) is 0 Å². The molecule has 1 heterocycles. The molecule has 0 aliphatic heterocycles. The molecule has 0 aromatic carbocycles. The molecule has 0 radical (unpaired) electrons. The van der Waals surface area contributed by atoms with Crippen molar-refractivity contribution >= 4 is 22.6 Å². The number of hydrogen-bond donors (Lipinski definition) is 0. The number of hydrogen-bond acceptors (Lipinski definition) is 1. The molecule has 0 aliphatic carbocycles. The van der Waals surface area contributed by atoms with Gasteiger partial charge in [0.25, 0.3) is 0 Å². The highest BCUT2D eigenvalue weighted by atomic mass is 127. The molecule has 0 aliphatic rings. The SMILES string of the molecule is [2H]C([2H])([2H])n1ncc(I)c1C. The molecule has 8 heavy (non-hydrogen) atoms. The Morgan fingerprint density at radius 3 is 3.00 bits per heavy atom. The van der Waals surface area contributed by atoms with Gasteiger partial charge in [-0.1, -0.05) is 0 Å². The van der Waals surface area contributed by atoms with Crippen molar-refractivity contribution in [1.29, 1.82) is 0 Å². The third-order valence-electron chi connectivity index (χ3n) is 0.950. The Kier molecular flexibility index (Phi) is 0.817. The van der Waals surface area contributed by atoms with E-state index >= 15 is 0 Å². The van der Waals surface area contributed by atoms with E-state index in [1.165, 1.54) is 0 Å². The van der Waals surface area contributed by atoms with Crippen LogP contribution in [0.5, 0.6) is 0 Å². The van der Waals surface area contributed by atoms with Crippen molar-refractivity contribution in [3.63, 3.8) is 0 Å². The molecule has 0 bridgehead atoms. The predicted octanol–water partition coefficient (Wildman–Crippen LogP) is 1.33. The lowest BCUT2D eigenvalue weighted by atomic mass is 10.5. The molecule has 44 valence electrons. The molecule has 0 atom stereocenters. The highest BCUT2D eigenvalue weighted by molar-refractivity contribution is 14.1. The molecule has 0 N–H and O–H groups in total. The second kappa shape index (κ2) is 2.05. The maximum absolute atomic E-state index is 7.06. The minimum atomic E-state index is -2.15. The molecule has 2 nitrogen and oxygen atoms in total. The summed E-state index contributed by atoms with van der Waals surface area (Å²) < 4.78 is 23.1. The lowest BCUT2D eigenvalue weighted by Crippen LogP contribution is -1.91. The van der Waals surface area contributed by atoms with Crippen LogP contribution in [0.15, 0.2) is 6.20 Å². The Hall–Kier alpha value is -0.0600. The maximum Gasteiger partial charge on any atom is 0.0626 e. The van der Waals surface area contributed by atoms with E-state index in [4.69, 9.17) is 4.11 Å². The fourth-order valence-electron chi connectivity index (χ4n) is 0.390. The van der Waals surface area contributed by atoms with E-state index in [2.05, 4.69) is 27.7 Å². The van der Waals surface area contributed by atoms with Gasteiger partial charge in [0.05, 0.1) is 9.77 Å². The fourth-order valence-corrected chi connectivity index (χ4v) is 0.743. The van der Waals surface area contributed by atoms with Gasteiger partial charge in [-0.25, -0.2) is 0 Å². The van der Waals surface area contributed by atoms with E-state index < -0.39 is 6.98 Å². The predicted molar refractivity (Wildman–Crippen MR) is 40.7 cm³/mol. The number of rotatable bonds is 0. The molecule has 0 spiro atoms. The summed E-state index contributed by atoms with van der Waals surface area (Å²) in [7, 11) is 0. The summed E-state index contributed by atoms with van der Waals surface area (Å²) in [6, 6.07) is 0. The quantitative estimate of drug-likeness (QED) is 0.609. The van der Waals surface area contributed by atoms with Crippen LogP contribution in [0.4, 0.5) is 0 Å². The first-order valence-electron chi connectivity index (χ1n) is 3.63. The van der Waals surface area contributed by atoms with Crippen molar-refractivity contribution < 1.29 is 4.11 Å². The summed E-state index contributed by atoms with van der Waals surface area (Å²) in [5.74, 6) is 0. The average Bonchev–Trinajstić information content (AvgIpc) is 2.11. The zero-order chi connectivity index (χ0) is 8.65. The first kappa shape index (κ1) is 3.20. The summed E-state index contributed by atoms with van der Waals surface area (Å²) in [5, 5.41) is 3.73. The smallest absolute Gasteiger partial charge is 0.0626 e. The summed E-state index contributed by atoms with van der Waals surface area (Å²) in [6.07, 6.45) is 1.54. The van der Waals surface area contributed by atoms with Crippen LogP contribution in [0, 0.1) is 10.5 Å². The molecule has 1 rings (SSSR count). The molecule has 0 saturated heterocycles. The number of aryl methyl sites for hydroxylation is 1. The Morgan fingerprint density at radius 2 is 2.75 bits per heavy atom. The van der Waals surface area contributed by atoms with E-state index in [1.807, 2.05) is 0 Å². The van der Waals surface area contributed by atoms with Crippen LogP contribution in [0.1, 0.15) is 9.81 Å². The van der Waals surface area contributed by atoms with Gasteiger partial charge in [-0.15, -0.1) is 0 Å². The van der Waals surface area contributed by atoms with Gasteiger partial charge in [-0.05, 0) is 29.5 Å². The van der Waals surface area contributed by atoms with Gasteiger partial charge >= 0.3 is 0 Å². The summed E-state index contributed by atoms with van der Waals surface area (Å²) in [6.45, 7) is -0.408. The number of nitrogens with zero attached hydrogens (tertiary/aromatic N) is 2. The lowest BCUT2D eigenvalue weighted by Gasteiger charge is -1.89. The molecule has 1 aromatic heterocycles. The highest BCUT2D eigenvalue weighted by Crippen LogP contribution is 2.06. The molecular formula is C5H7IN2. The lowest BCUT2D eigenvalue weighted by molar-refractivity contribution is 0.739. The maximum atomic E-state index is 7.06. The van der Waals surface area contributed by atoms with Crippen molar-refractivity contribution in [3.8, 4) is 0 Å². The van der Waals surface area contributed by atoms with Crippen molar-refractivity contribution in [3.05, 3.63) is 15.5 Å². The summed E-state index contributed by atoms with van der Waals surface area (Å²) >= 11 is 2.05. The van der Waals surface area contributed by atoms with Gasteiger partial charge in [0.15, 0.2) is 0 Å². The van der Waals surface area contributed by atoms with Crippen molar-refractivity contribution in [2.75, 3.05) is 0 Å². The monoisotopic (exact) mass is 225 g/mol. The third-order valence-corrected chi connectivity index (χ3v) is 2.01. The zero-order valence-corrected chi connectivity index (χ0v) is 6.51. The zero-order valence-electron chi connectivity index (χ0n) is 7.35. The average molecular weight is 225 g/mol. The van der Waals surface area contributed by atoms with Crippen LogP contribution in [0.25, 0.3) is 0 Å². The van der Waals surface area contributed by atoms with E-state index in [0.29, 0.717) is 5.69 Å². The minimum absolute atomic E-state index is 0.686. The van der Waals surface area contributed by atoms with Crippen LogP contribution < -0.4 is 0 Å². The molecule has 0 saturated carbocycles. The Bertz CT molecular complexity index is 265. The number of aromatic nitrogens is 2. The summed E-state index contributed by atoms with van der Waals surface area (Å²) in [4.78, 5) is 0. The minimum Gasteiger partial charge on any atom is -0.272 e. The molecule has 0 amide bonds. The summed E-state index contributed by atoms with van der Waals surface area (Å²) in [5.41, 5.74) is 0.686. The molecule has 0 unspecified atom stereocenters. The number of halogens is 1. The third kappa shape index (κ3) is 0.866. The standard InChI is InChI=1S/C5H7IN2/c1-4-5(6)3-7-8(4)2/h3H,1-2H3/i2D3. The van der Waals surface area contributed by atoms with E-state index in [0.717, 1.165) is 8.25 Å². The molecule has 3 heteroatoms. The molecule has 0 fully saturated rings. The van der Waals surface area contributed by atoms with Crippen molar-refractivity contribution in [2.45, 2.75) is 6.92 Å². The second-order valence-electron chi connectivity index (χ2n) is 1.49. The van der Waals surface area contributed by atoms with Crippen LogP contribution in [0.3, 0.4) is 0 Å². The highest BCUT2D eigenvalue weighted by Gasteiger charge is 1.95. The van der Waals surface area contributed by atoms with Crippen molar-refractivity contribution in [2.24, 2.45) is 6.98 Å². The van der Waals surface area contributed by atoms with Gasteiger partial charge in [-0.2, -0.15) is 5.10 Å². The van der Waals surface area contributed by atoms with Crippen LogP contribution >= 0.6 is 22.6 Å². The normalized spacial score (nSPS) is 17.0. The topological polar surface area (TPSA) is 17.8 Å². The second-order valence-corrected chi connectivity index (χ2v) is 2.65. The Morgan fingerprint density at radius 1 is 2.00 bits per heavy atom. The molecule has 1 aromatic rings. The van der Waals surface area contributed by atoms with Crippen LogP contribution in [-0.2, 0) is 6.98 Å².